The Morgan fingerprint density at radius 3 is 2.58 bits per heavy atom. The average Bonchev–Trinajstić information content (AvgIpc) is 2.30. The van der Waals surface area contributed by atoms with Gasteiger partial charge in [0.1, 0.15) is 11.9 Å². The molecule has 0 radical (unpaired) electrons. The lowest BCUT2D eigenvalue weighted by Gasteiger charge is -2.16. The highest BCUT2D eigenvalue weighted by Crippen LogP contribution is 2.16. The van der Waals surface area contributed by atoms with Gasteiger partial charge in [-0.25, -0.2) is 9.18 Å². The van der Waals surface area contributed by atoms with E-state index in [2.05, 4.69) is 21.2 Å². The normalized spacial score (nSPS) is 12.3. The molecule has 0 aromatic heterocycles. The third-order valence-corrected chi connectivity index (χ3v) is 2.98. The summed E-state index contributed by atoms with van der Waals surface area (Å²) in [6, 6.07) is 2.91. The van der Waals surface area contributed by atoms with Crippen molar-refractivity contribution in [3.63, 3.8) is 0 Å². The summed E-state index contributed by atoms with van der Waals surface area (Å²) >= 11 is 3.14. The van der Waals surface area contributed by atoms with Crippen LogP contribution in [0.5, 0.6) is 0 Å². The standard InChI is InChI=1S/C13H15BrFNO3/c1-7(2)5-11(13(18)19)16-12(17)9-6-8(14)3-4-10(9)15/h3-4,6-7,11H,5H2,1-2H3,(H,16,17)(H,18,19)/t11-/m1/s1. The smallest absolute Gasteiger partial charge is 0.326 e. The summed E-state index contributed by atoms with van der Waals surface area (Å²) in [6.45, 7) is 3.70. The van der Waals surface area contributed by atoms with Crippen molar-refractivity contribution in [1.29, 1.82) is 0 Å². The van der Waals surface area contributed by atoms with Crippen molar-refractivity contribution in [3.8, 4) is 0 Å². The van der Waals surface area contributed by atoms with Crippen LogP contribution in [-0.4, -0.2) is 23.0 Å². The number of amides is 1. The molecule has 2 N–H and O–H groups in total. The van der Waals surface area contributed by atoms with Crippen molar-refractivity contribution >= 4 is 27.8 Å². The van der Waals surface area contributed by atoms with Crippen LogP contribution in [0.3, 0.4) is 0 Å². The largest absolute Gasteiger partial charge is 0.480 e. The summed E-state index contributed by atoms with van der Waals surface area (Å²) in [5, 5.41) is 11.4. The predicted octanol–water partition coefficient (Wildman–Crippen LogP) is 2.82. The van der Waals surface area contributed by atoms with Gasteiger partial charge in [0.25, 0.3) is 5.91 Å². The van der Waals surface area contributed by atoms with Crippen molar-refractivity contribution in [1.82, 2.24) is 5.32 Å². The number of carboxylic acid groups (broad SMARTS) is 1. The maximum absolute atomic E-state index is 13.5. The lowest BCUT2D eigenvalue weighted by molar-refractivity contribution is -0.139. The Morgan fingerprint density at radius 2 is 2.05 bits per heavy atom. The van der Waals surface area contributed by atoms with Gasteiger partial charge in [0.05, 0.1) is 5.56 Å². The van der Waals surface area contributed by atoms with Gasteiger partial charge in [-0.3, -0.25) is 4.79 Å². The first kappa shape index (κ1) is 15.6. The molecule has 6 heteroatoms. The second-order valence-corrected chi connectivity index (χ2v) is 5.53. The Kier molecular flexibility index (Phi) is 5.47. The first-order chi connectivity index (χ1) is 8.81. The zero-order valence-corrected chi connectivity index (χ0v) is 12.2. The Hall–Kier alpha value is -1.43. The molecular formula is C13H15BrFNO3. The van der Waals surface area contributed by atoms with Crippen LogP contribution in [-0.2, 0) is 4.79 Å². The molecule has 0 fully saturated rings. The molecule has 0 bridgehead atoms. The summed E-state index contributed by atoms with van der Waals surface area (Å²) < 4.78 is 14.1. The number of carboxylic acids is 1. The van der Waals surface area contributed by atoms with Crippen LogP contribution in [0.25, 0.3) is 0 Å². The Morgan fingerprint density at radius 1 is 1.42 bits per heavy atom. The van der Waals surface area contributed by atoms with Crippen molar-refractivity contribution in [2.45, 2.75) is 26.3 Å². The van der Waals surface area contributed by atoms with E-state index in [0.717, 1.165) is 6.07 Å². The van der Waals surface area contributed by atoms with Crippen molar-refractivity contribution in [2.75, 3.05) is 0 Å². The third-order valence-electron chi connectivity index (χ3n) is 2.48. The van der Waals surface area contributed by atoms with E-state index in [1.54, 1.807) is 0 Å². The van der Waals surface area contributed by atoms with Crippen LogP contribution in [0.15, 0.2) is 22.7 Å². The Labute approximate surface area is 119 Å². The fraction of sp³-hybridized carbons (Fsp3) is 0.385. The summed E-state index contributed by atoms with van der Waals surface area (Å²) in [5.41, 5.74) is -0.176. The molecule has 0 saturated carbocycles. The molecule has 0 saturated heterocycles. The second-order valence-electron chi connectivity index (χ2n) is 4.62. The molecule has 0 aliphatic carbocycles. The number of halogens is 2. The lowest BCUT2D eigenvalue weighted by atomic mass is 10.0. The van der Waals surface area contributed by atoms with Crippen molar-refractivity contribution < 1.29 is 19.1 Å². The molecule has 1 aromatic carbocycles. The van der Waals surface area contributed by atoms with Gasteiger partial charge in [0.15, 0.2) is 0 Å². The molecule has 0 spiro atoms. The molecule has 4 nitrogen and oxygen atoms in total. The van der Waals surface area contributed by atoms with Gasteiger partial charge in [0.2, 0.25) is 0 Å². The van der Waals surface area contributed by atoms with Gasteiger partial charge in [-0.1, -0.05) is 29.8 Å². The van der Waals surface area contributed by atoms with E-state index >= 15 is 0 Å². The Bertz CT molecular complexity index is 491. The fourth-order valence-electron chi connectivity index (χ4n) is 1.60. The molecule has 19 heavy (non-hydrogen) atoms. The summed E-state index contributed by atoms with van der Waals surface area (Å²) in [4.78, 5) is 22.9. The average molecular weight is 332 g/mol. The minimum Gasteiger partial charge on any atom is -0.480 e. The van der Waals surface area contributed by atoms with Gasteiger partial charge in [-0.2, -0.15) is 0 Å². The number of rotatable bonds is 5. The van der Waals surface area contributed by atoms with Crippen molar-refractivity contribution in [2.24, 2.45) is 5.92 Å². The van der Waals surface area contributed by atoms with E-state index in [-0.39, 0.29) is 17.9 Å². The number of hydrogen-bond acceptors (Lipinski definition) is 2. The van der Waals surface area contributed by atoms with Gasteiger partial charge in [-0.05, 0) is 30.5 Å². The molecule has 0 heterocycles. The van der Waals surface area contributed by atoms with E-state index in [1.807, 2.05) is 13.8 Å². The van der Waals surface area contributed by atoms with Crippen LogP contribution < -0.4 is 5.32 Å². The van der Waals surface area contributed by atoms with E-state index in [0.29, 0.717) is 4.47 Å². The van der Waals surface area contributed by atoms with Gasteiger partial charge >= 0.3 is 5.97 Å². The summed E-state index contributed by atoms with van der Waals surface area (Å²) in [7, 11) is 0. The monoisotopic (exact) mass is 331 g/mol. The number of carbonyl (C=O) groups is 2. The number of nitrogens with one attached hydrogen (secondary N) is 1. The van der Waals surface area contributed by atoms with E-state index < -0.39 is 23.7 Å². The van der Waals surface area contributed by atoms with Crippen LogP contribution in [0.1, 0.15) is 30.6 Å². The zero-order chi connectivity index (χ0) is 14.6. The highest BCUT2D eigenvalue weighted by atomic mass is 79.9. The quantitative estimate of drug-likeness (QED) is 0.871. The van der Waals surface area contributed by atoms with Gasteiger partial charge in [-0.15, -0.1) is 0 Å². The SMILES string of the molecule is CC(C)C[C@@H](NC(=O)c1cc(Br)ccc1F)C(=O)O. The topological polar surface area (TPSA) is 66.4 Å². The van der Waals surface area contributed by atoms with Gasteiger partial charge in [0, 0.05) is 4.47 Å². The fourth-order valence-corrected chi connectivity index (χ4v) is 1.96. The van der Waals surface area contributed by atoms with Crippen LogP contribution >= 0.6 is 15.9 Å². The van der Waals surface area contributed by atoms with Crippen LogP contribution in [0.2, 0.25) is 0 Å². The van der Waals surface area contributed by atoms with E-state index in [9.17, 15) is 14.0 Å². The van der Waals surface area contributed by atoms with Crippen molar-refractivity contribution in [3.05, 3.63) is 34.1 Å². The number of hydrogen-bond donors (Lipinski definition) is 2. The minimum absolute atomic E-state index is 0.105. The number of aliphatic carboxylic acids is 1. The first-order valence-corrected chi connectivity index (χ1v) is 6.59. The molecular weight excluding hydrogens is 317 g/mol. The minimum atomic E-state index is -1.13. The molecule has 0 unspecified atom stereocenters. The number of carbonyl (C=O) groups excluding carboxylic acids is 1. The Balaban J connectivity index is 2.87. The summed E-state index contributed by atoms with van der Waals surface area (Å²) in [6.07, 6.45) is 0.288. The molecule has 1 atom stereocenters. The second kappa shape index (κ2) is 6.65. The van der Waals surface area contributed by atoms with Crippen LogP contribution in [0, 0.1) is 11.7 Å². The lowest BCUT2D eigenvalue weighted by Crippen LogP contribution is -2.41. The summed E-state index contributed by atoms with van der Waals surface area (Å²) in [5.74, 6) is -2.44. The maximum atomic E-state index is 13.5. The first-order valence-electron chi connectivity index (χ1n) is 5.80. The molecule has 0 aliphatic heterocycles. The molecule has 1 aromatic rings. The van der Waals surface area contributed by atoms with E-state index in [4.69, 9.17) is 5.11 Å². The third kappa shape index (κ3) is 4.63. The maximum Gasteiger partial charge on any atom is 0.326 e. The number of benzene rings is 1. The molecule has 1 rings (SSSR count). The molecule has 1 amide bonds. The zero-order valence-electron chi connectivity index (χ0n) is 10.6. The van der Waals surface area contributed by atoms with Gasteiger partial charge < -0.3 is 10.4 Å². The predicted molar refractivity (Wildman–Crippen MR) is 72.4 cm³/mol. The highest BCUT2D eigenvalue weighted by molar-refractivity contribution is 9.10. The van der Waals surface area contributed by atoms with E-state index in [1.165, 1.54) is 12.1 Å². The van der Waals surface area contributed by atoms with Crippen LogP contribution in [0.4, 0.5) is 4.39 Å². The molecule has 104 valence electrons. The highest BCUT2D eigenvalue weighted by Gasteiger charge is 2.23. The molecule has 0 aliphatic rings.